The Morgan fingerprint density at radius 1 is 0.806 bits per heavy atom. The van der Waals surface area contributed by atoms with Gasteiger partial charge < -0.3 is 24.2 Å². The molecule has 0 aromatic heterocycles. The smallest absolute Gasteiger partial charge is 0.254 e. The van der Waals surface area contributed by atoms with Crippen LogP contribution < -0.4 is 9.47 Å². The van der Waals surface area contributed by atoms with Gasteiger partial charge in [-0.25, -0.2) is 4.39 Å². The lowest BCUT2D eigenvalue weighted by atomic mass is 9.94. The van der Waals surface area contributed by atoms with Gasteiger partial charge in [-0.05, 0) is 42.7 Å². The van der Waals surface area contributed by atoms with Crippen molar-refractivity contribution in [1.82, 2.24) is 14.7 Å². The molecular weight excluding hydrogens is 465 g/mol. The Morgan fingerprint density at radius 3 is 1.92 bits per heavy atom. The van der Waals surface area contributed by atoms with Gasteiger partial charge in [0.15, 0.2) is 0 Å². The molecule has 0 radical (unpaired) electrons. The lowest BCUT2D eigenvalue weighted by molar-refractivity contribution is -0.142. The predicted molar refractivity (Wildman–Crippen MR) is 131 cm³/mol. The van der Waals surface area contributed by atoms with Crippen molar-refractivity contribution in [3.8, 4) is 11.5 Å². The van der Waals surface area contributed by atoms with Gasteiger partial charge in [0.25, 0.3) is 5.91 Å². The number of ether oxygens (including phenoxy) is 2. The average molecular weight is 498 g/mol. The van der Waals surface area contributed by atoms with Crippen LogP contribution in [0.1, 0.15) is 28.8 Å². The topological polar surface area (TPSA) is 79.4 Å². The second-order valence-electron chi connectivity index (χ2n) is 9.18. The molecule has 2 aromatic rings. The van der Waals surface area contributed by atoms with E-state index in [1.807, 2.05) is 4.90 Å². The van der Waals surface area contributed by atoms with Gasteiger partial charge in [0.1, 0.15) is 17.3 Å². The first kappa shape index (κ1) is 25.5. The number of hydrogen-bond acceptors (Lipinski definition) is 5. The number of benzene rings is 2. The van der Waals surface area contributed by atoms with E-state index in [2.05, 4.69) is 0 Å². The third-order valence-electron chi connectivity index (χ3n) is 6.94. The molecule has 36 heavy (non-hydrogen) atoms. The summed E-state index contributed by atoms with van der Waals surface area (Å²) in [6.07, 6.45) is 1.44. The van der Waals surface area contributed by atoms with Crippen LogP contribution in [-0.4, -0.2) is 85.9 Å². The fraction of sp³-hybridized carbons (Fsp3) is 0.444. The molecule has 2 saturated heterocycles. The minimum Gasteiger partial charge on any atom is -0.497 e. The number of piperidine rings is 1. The number of piperazine rings is 1. The number of amides is 3. The van der Waals surface area contributed by atoms with E-state index in [9.17, 15) is 18.8 Å². The summed E-state index contributed by atoms with van der Waals surface area (Å²) in [5.41, 5.74) is 1.27. The first-order chi connectivity index (χ1) is 17.4. The van der Waals surface area contributed by atoms with Crippen molar-refractivity contribution >= 4 is 17.7 Å². The number of nitrogens with zero attached hydrogens (tertiary/aromatic N) is 3. The van der Waals surface area contributed by atoms with Crippen LogP contribution in [0, 0.1) is 11.7 Å². The molecule has 0 atom stereocenters. The van der Waals surface area contributed by atoms with E-state index in [0.717, 1.165) is 5.56 Å². The Labute approximate surface area is 210 Å². The third kappa shape index (κ3) is 5.95. The summed E-state index contributed by atoms with van der Waals surface area (Å²) in [6, 6.07) is 11.1. The van der Waals surface area contributed by atoms with Crippen molar-refractivity contribution in [2.75, 3.05) is 53.5 Å². The summed E-state index contributed by atoms with van der Waals surface area (Å²) in [7, 11) is 3.09. The van der Waals surface area contributed by atoms with Gasteiger partial charge in [0.2, 0.25) is 11.8 Å². The molecule has 0 aliphatic carbocycles. The summed E-state index contributed by atoms with van der Waals surface area (Å²) in [4.78, 5) is 44.1. The van der Waals surface area contributed by atoms with Crippen LogP contribution in [0.5, 0.6) is 11.5 Å². The summed E-state index contributed by atoms with van der Waals surface area (Å²) in [6.45, 7) is 2.98. The zero-order valence-corrected chi connectivity index (χ0v) is 20.7. The summed E-state index contributed by atoms with van der Waals surface area (Å²) in [5, 5.41) is 0. The Balaban J connectivity index is 1.25. The van der Waals surface area contributed by atoms with E-state index >= 15 is 0 Å². The number of methoxy groups -OCH3 is 2. The summed E-state index contributed by atoms with van der Waals surface area (Å²) < 4.78 is 23.6. The van der Waals surface area contributed by atoms with Crippen LogP contribution in [0.2, 0.25) is 0 Å². The average Bonchev–Trinajstić information content (AvgIpc) is 2.93. The highest BCUT2D eigenvalue weighted by Crippen LogP contribution is 2.26. The summed E-state index contributed by atoms with van der Waals surface area (Å²) >= 11 is 0. The second-order valence-corrected chi connectivity index (χ2v) is 9.18. The molecule has 2 aromatic carbocycles. The number of carbonyl (C=O) groups is 3. The van der Waals surface area contributed by atoms with Crippen molar-refractivity contribution in [2.45, 2.75) is 19.3 Å². The maximum atomic E-state index is 13.1. The fourth-order valence-corrected chi connectivity index (χ4v) is 4.77. The highest BCUT2D eigenvalue weighted by molar-refractivity contribution is 5.95. The molecule has 0 spiro atoms. The maximum Gasteiger partial charge on any atom is 0.254 e. The molecule has 2 aliphatic rings. The van der Waals surface area contributed by atoms with E-state index < -0.39 is 0 Å². The zero-order valence-electron chi connectivity index (χ0n) is 20.7. The van der Waals surface area contributed by atoms with Crippen molar-refractivity contribution in [3.63, 3.8) is 0 Å². The van der Waals surface area contributed by atoms with Crippen molar-refractivity contribution in [3.05, 3.63) is 59.4 Å². The van der Waals surface area contributed by atoms with E-state index in [1.165, 1.54) is 12.1 Å². The molecule has 8 nitrogen and oxygen atoms in total. The first-order valence-corrected chi connectivity index (χ1v) is 12.2. The van der Waals surface area contributed by atoms with Gasteiger partial charge in [-0.15, -0.1) is 0 Å². The van der Waals surface area contributed by atoms with Crippen LogP contribution >= 0.6 is 0 Å². The van der Waals surface area contributed by atoms with Crippen LogP contribution in [0.25, 0.3) is 0 Å². The minimum atomic E-state index is -0.325. The van der Waals surface area contributed by atoms with Gasteiger partial charge in [-0.1, -0.05) is 12.1 Å². The van der Waals surface area contributed by atoms with Crippen molar-refractivity contribution in [1.29, 1.82) is 0 Å². The highest BCUT2D eigenvalue weighted by atomic mass is 19.1. The van der Waals surface area contributed by atoms with Gasteiger partial charge in [0, 0.05) is 56.8 Å². The Kier molecular flexibility index (Phi) is 8.07. The number of likely N-dealkylation sites (tertiary alicyclic amines) is 1. The van der Waals surface area contributed by atoms with Gasteiger partial charge >= 0.3 is 0 Å². The van der Waals surface area contributed by atoms with Gasteiger partial charge in [-0.3, -0.25) is 14.4 Å². The lowest BCUT2D eigenvalue weighted by Crippen LogP contribution is -2.53. The number of halogens is 1. The Hall–Kier alpha value is -3.62. The van der Waals surface area contributed by atoms with E-state index in [1.54, 1.807) is 54.4 Å². The molecule has 2 aliphatic heterocycles. The minimum absolute atomic E-state index is 0.0188. The molecule has 0 unspecified atom stereocenters. The number of hydrogen-bond donors (Lipinski definition) is 0. The van der Waals surface area contributed by atoms with Crippen LogP contribution in [-0.2, 0) is 16.0 Å². The van der Waals surface area contributed by atoms with E-state index in [-0.39, 0.29) is 35.9 Å². The normalized spacial score (nSPS) is 16.6. The molecule has 3 amide bonds. The number of rotatable bonds is 6. The largest absolute Gasteiger partial charge is 0.497 e. The SMILES string of the molecule is COc1cc(OC)cc(C(=O)N2CCC(C(=O)N3CCN(C(=O)Cc4ccc(F)cc4)CC3)CC2)c1. The molecule has 9 heteroatoms. The first-order valence-electron chi connectivity index (χ1n) is 12.2. The molecule has 192 valence electrons. The predicted octanol–water partition coefficient (Wildman–Crippen LogP) is 2.61. The Morgan fingerprint density at radius 2 is 1.36 bits per heavy atom. The second kappa shape index (κ2) is 11.4. The molecule has 0 N–H and O–H groups in total. The van der Waals surface area contributed by atoms with Crippen molar-refractivity contribution < 1.29 is 28.2 Å². The molecule has 4 rings (SSSR count). The van der Waals surface area contributed by atoms with Gasteiger partial charge in [0.05, 0.1) is 20.6 Å². The molecule has 2 heterocycles. The summed E-state index contributed by atoms with van der Waals surface area (Å²) in [5.74, 6) is 0.623. The van der Waals surface area contributed by atoms with Crippen LogP contribution in [0.3, 0.4) is 0 Å². The fourth-order valence-electron chi connectivity index (χ4n) is 4.77. The van der Waals surface area contributed by atoms with Crippen LogP contribution in [0.4, 0.5) is 4.39 Å². The standard InChI is InChI=1S/C27H32FN3O5/c1-35-23-16-21(17-24(18-23)36-2)27(34)30-9-7-20(8-10-30)26(33)31-13-11-29(12-14-31)25(32)15-19-3-5-22(28)6-4-19/h3-6,16-18,20H,7-15H2,1-2H3. The molecular formula is C27H32FN3O5. The van der Waals surface area contributed by atoms with Crippen molar-refractivity contribution in [2.24, 2.45) is 5.92 Å². The zero-order chi connectivity index (χ0) is 25.7. The quantitative estimate of drug-likeness (QED) is 0.613. The monoisotopic (exact) mass is 497 g/mol. The third-order valence-corrected chi connectivity index (χ3v) is 6.94. The van der Waals surface area contributed by atoms with Gasteiger partial charge in [-0.2, -0.15) is 0 Å². The van der Waals surface area contributed by atoms with E-state index in [4.69, 9.17) is 9.47 Å². The molecule has 0 bridgehead atoms. The van der Waals surface area contributed by atoms with E-state index in [0.29, 0.717) is 69.2 Å². The van der Waals surface area contributed by atoms with Crippen LogP contribution in [0.15, 0.2) is 42.5 Å². The Bertz CT molecular complexity index is 1070. The molecule has 2 fully saturated rings. The highest BCUT2D eigenvalue weighted by Gasteiger charge is 2.32. The lowest BCUT2D eigenvalue weighted by Gasteiger charge is -2.38. The maximum absolute atomic E-state index is 13.1. The number of carbonyl (C=O) groups excluding carboxylic acids is 3. The molecule has 0 saturated carbocycles.